The van der Waals surface area contributed by atoms with Crippen LogP contribution in [0.15, 0.2) is 0 Å². The number of hydrogen-bond acceptors (Lipinski definition) is 6. The number of carbonyl (C=O) groups excluding carboxylic acids is 4. The Morgan fingerprint density at radius 2 is 0.893 bits per heavy atom. The van der Waals surface area contributed by atoms with Crippen LogP contribution in [0.25, 0.3) is 0 Å². The van der Waals surface area contributed by atoms with Gasteiger partial charge >= 0.3 is 0 Å². The third kappa shape index (κ3) is 1.98. The zero-order chi connectivity index (χ0) is 19.2. The van der Waals surface area contributed by atoms with Gasteiger partial charge in [0.05, 0.1) is 61.2 Å². The number of rotatable bonds is 2. The van der Waals surface area contributed by atoms with Gasteiger partial charge < -0.3 is 9.47 Å². The number of nitrogens with zero attached hydrogens (tertiary/aromatic N) is 2. The Bertz CT molecular complexity index is 750. The molecule has 6 heterocycles. The van der Waals surface area contributed by atoms with Crippen molar-refractivity contribution in [2.75, 3.05) is 13.1 Å². The average molecular weight is 384 g/mol. The van der Waals surface area contributed by atoms with Gasteiger partial charge in [0.15, 0.2) is 0 Å². The number of fused-ring (bicyclic) bond motifs is 10. The first kappa shape index (κ1) is 16.7. The van der Waals surface area contributed by atoms with Crippen LogP contribution in [-0.4, -0.2) is 70.9 Å². The second-order valence-corrected chi connectivity index (χ2v) is 8.56. The minimum absolute atomic E-state index is 0.00153. The third-order valence-electron chi connectivity index (χ3n) is 7.35. The van der Waals surface area contributed by atoms with E-state index in [9.17, 15) is 19.2 Å². The summed E-state index contributed by atoms with van der Waals surface area (Å²) in [5, 5.41) is 0. The fourth-order valence-electron chi connectivity index (χ4n) is 6.13. The van der Waals surface area contributed by atoms with Crippen molar-refractivity contribution < 1.29 is 28.7 Å². The molecule has 0 saturated carbocycles. The van der Waals surface area contributed by atoms with Crippen molar-refractivity contribution in [2.45, 2.75) is 50.1 Å². The van der Waals surface area contributed by atoms with Gasteiger partial charge in [-0.05, 0) is 25.7 Å². The fourth-order valence-corrected chi connectivity index (χ4v) is 6.13. The molecule has 4 bridgehead atoms. The molecule has 0 spiro atoms. The lowest BCUT2D eigenvalue weighted by Gasteiger charge is -2.15. The lowest BCUT2D eigenvalue weighted by Crippen LogP contribution is -2.35. The van der Waals surface area contributed by atoms with Crippen molar-refractivity contribution in [1.29, 1.82) is 0 Å². The highest BCUT2D eigenvalue weighted by atomic mass is 16.5. The normalized spacial score (nSPS) is 45.1. The molecule has 0 aromatic rings. The van der Waals surface area contributed by atoms with E-state index in [-0.39, 0.29) is 84.8 Å². The Morgan fingerprint density at radius 1 is 0.607 bits per heavy atom. The Labute approximate surface area is 161 Å². The van der Waals surface area contributed by atoms with Crippen molar-refractivity contribution >= 4 is 23.6 Å². The highest BCUT2D eigenvalue weighted by Crippen LogP contribution is 2.49. The van der Waals surface area contributed by atoms with Crippen LogP contribution in [0.4, 0.5) is 0 Å². The van der Waals surface area contributed by atoms with E-state index >= 15 is 0 Å². The molecule has 6 fully saturated rings. The molecule has 0 aliphatic carbocycles. The molecule has 0 radical (unpaired) electrons. The molecular formula is C20H20N2O6. The zero-order valence-electron chi connectivity index (χ0n) is 15.2. The quantitative estimate of drug-likeness (QED) is 0.462. The van der Waals surface area contributed by atoms with E-state index in [1.807, 2.05) is 0 Å². The Hall–Kier alpha value is -2.24. The highest BCUT2D eigenvalue weighted by molar-refractivity contribution is 6.07. The topological polar surface area (TPSA) is 93.2 Å². The second-order valence-electron chi connectivity index (χ2n) is 8.56. The van der Waals surface area contributed by atoms with Crippen LogP contribution in [0.2, 0.25) is 0 Å². The fraction of sp³-hybridized carbons (Fsp3) is 0.700. The maximum Gasteiger partial charge on any atom is 0.236 e. The summed E-state index contributed by atoms with van der Waals surface area (Å²) in [6, 6.07) is 0. The third-order valence-corrected chi connectivity index (χ3v) is 7.35. The summed E-state index contributed by atoms with van der Waals surface area (Å²) in [5.74, 6) is 3.40. The summed E-state index contributed by atoms with van der Waals surface area (Å²) in [5.41, 5.74) is 0. The molecule has 6 rings (SSSR count). The van der Waals surface area contributed by atoms with Gasteiger partial charge in [0.2, 0.25) is 23.6 Å². The van der Waals surface area contributed by atoms with E-state index in [0.29, 0.717) is 0 Å². The van der Waals surface area contributed by atoms with E-state index in [0.717, 1.165) is 25.7 Å². The smallest absolute Gasteiger partial charge is 0.236 e. The lowest BCUT2D eigenvalue weighted by atomic mass is 9.81. The van der Waals surface area contributed by atoms with Gasteiger partial charge in [0, 0.05) is 0 Å². The first-order chi connectivity index (χ1) is 13.6. The molecule has 146 valence electrons. The Balaban J connectivity index is 1.12. The standard InChI is InChI=1S/C20H20N2O6/c23-17-13-9-3-4-10(27-9)14(13)18(24)21(17)7-1-2-8-22-19(25)15-11-5-6-12(28-11)16(15)20(22)26/h9-16H,3-8H2/t9-,10-,11-,12+,13-,14+,15-,16+/m0/s1. The minimum atomic E-state index is -0.357. The van der Waals surface area contributed by atoms with Crippen LogP contribution < -0.4 is 0 Å². The van der Waals surface area contributed by atoms with Crippen LogP contribution >= 0.6 is 0 Å². The van der Waals surface area contributed by atoms with Crippen LogP contribution in [0.1, 0.15) is 25.7 Å². The van der Waals surface area contributed by atoms with Crippen molar-refractivity contribution in [3.8, 4) is 11.8 Å². The molecule has 6 aliphatic heterocycles. The van der Waals surface area contributed by atoms with Gasteiger partial charge in [-0.15, -0.1) is 0 Å². The summed E-state index contributed by atoms with van der Waals surface area (Å²) in [4.78, 5) is 52.7. The lowest BCUT2D eigenvalue weighted by molar-refractivity contribution is -0.143. The summed E-state index contributed by atoms with van der Waals surface area (Å²) < 4.78 is 11.4. The molecule has 0 N–H and O–H groups in total. The second kappa shape index (κ2) is 5.65. The Morgan fingerprint density at radius 3 is 1.18 bits per heavy atom. The van der Waals surface area contributed by atoms with Gasteiger partial charge in [-0.2, -0.15) is 0 Å². The molecule has 28 heavy (non-hydrogen) atoms. The summed E-state index contributed by atoms with van der Waals surface area (Å²) in [6.07, 6.45) is 2.77. The molecule has 8 atom stereocenters. The van der Waals surface area contributed by atoms with E-state index in [4.69, 9.17) is 9.47 Å². The molecule has 4 amide bonds. The minimum Gasteiger partial charge on any atom is -0.373 e. The SMILES string of the molecule is O=C1[C@@H]2[C@H](C(=O)N1CC#CCN1C(=O)[C@@H]3[C@H](C1=O)[C@H]1CC[C@@H]3O1)[C@@H]1CC[C@@H]2O1. The van der Waals surface area contributed by atoms with E-state index in [2.05, 4.69) is 11.8 Å². The monoisotopic (exact) mass is 384 g/mol. The van der Waals surface area contributed by atoms with Gasteiger partial charge in [-0.25, -0.2) is 0 Å². The predicted molar refractivity (Wildman–Crippen MR) is 91.0 cm³/mol. The van der Waals surface area contributed by atoms with Gasteiger partial charge in [0.1, 0.15) is 0 Å². The average Bonchev–Trinajstić information content (AvgIpc) is 3.49. The van der Waals surface area contributed by atoms with Crippen LogP contribution in [0, 0.1) is 35.5 Å². The first-order valence-corrected chi connectivity index (χ1v) is 10.0. The molecular weight excluding hydrogens is 364 g/mol. The number of imide groups is 2. The molecule has 0 aromatic carbocycles. The van der Waals surface area contributed by atoms with Gasteiger partial charge in [0.25, 0.3) is 0 Å². The molecule has 0 aromatic heterocycles. The summed E-state index contributed by atoms with van der Waals surface area (Å²) in [7, 11) is 0. The molecule has 8 nitrogen and oxygen atoms in total. The highest BCUT2D eigenvalue weighted by Gasteiger charge is 2.63. The first-order valence-electron chi connectivity index (χ1n) is 10.0. The van der Waals surface area contributed by atoms with Crippen molar-refractivity contribution in [1.82, 2.24) is 9.80 Å². The predicted octanol–water partition coefficient (Wildman–Crippen LogP) is -0.685. The van der Waals surface area contributed by atoms with Crippen molar-refractivity contribution in [3.63, 3.8) is 0 Å². The van der Waals surface area contributed by atoms with Crippen molar-refractivity contribution in [2.24, 2.45) is 23.7 Å². The number of carbonyl (C=O) groups is 4. The van der Waals surface area contributed by atoms with Crippen LogP contribution in [0.3, 0.4) is 0 Å². The molecule has 6 saturated heterocycles. The maximum atomic E-state index is 12.6. The van der Waals surface area contributed by atoms with E-state index < -0.39 is 0 Å². The van der Waals surface area contributed by atoms with Gasteiger partial charge in [-0.3, -0.25) is 29.0 Å². The van der Waals surface area contributed by atoms with Crippen LogP contribution in [-0.2, 0) is 28.7 Å². The van der Waals surface area contributed by atoms with Crippen molar-refractivity contribution in [3.05, 3.63) is 0 Å². The summed E-state index contributed by atoms with van der Waals surface area (Å²) >= 11 is 0. The number of likely N-dealkylation sites (tertiary alicyclic amines) is 2. The van der Waals surface area contributed by atoms with Gasteiger partial charge in [-0.1, -0.05) is 11.8 Å². The Kier molecular flexibility index (Phi) is 3.37. The molecule has 0 unspecified atom stereocenters. The maximum absolute atomic E-state index is 12.6. The molecule has 8 heteroatoms. The number of amides is 4. The molecule has 6 aliphatic rings. The zero-order valence-corrected chi connectivity index (χ0v) is 15.2. The van der Waals surface area contributed by atoms with Crippen LogP contribution in [0.5, 0.6) is 0 Å². The number of ether oxygens (including phenoxy) is 2. The van der Waals surface area contributed by atoms with E-state index in [1.54, 1.807) is 0 Å². The van der Waals surface area contributed by atoms with E-state index in [1.165, 1.54) is 9.80 Å². The summed E-state index contributed by atoms with van der Waals surface area (Å²) in [6.45, 7) is 0.00307. The largest absolute Gasteiger partial charge is 0.373 e. The number of hydrogen-bond donors (Lipinski definition) is 0.